The number of hydrogen-bond acceptors (Lipinski definition) is 4. The van der Waals surface area contributed by atoms with Crippen LogP contribution in [-0.4, -0.2) is 26.0 Å². The molecule has 0 atom stereocenters. The summed E-state index contributed by atoms with van der Waals surface area (Å²) in [5.41, 5.74) is 0.750. The Morgan fingerprint density at radius 3 is 2.61 bits per heavy atom. The molecular weight excluding hydrogens is 433 g/mol. The third-order valence-corrected chi connectivity index (χ3v) is 7.10. The Balaban J connectivity index is 1.48. The first kappa shape index (κ1) is 21.6. The maximum absolute atomic E-state index is 14.5. The summed E-state index contributed by atoms with van der Waals surface area (Å²) in [5.74, 6) is -0.968. The monoisotopic (exact) mass is 456 g/mol. The van der Waals surface area contributed by atoms with Crippen LogP contribution in [0.15, 0.2) is 35.4 Å². The van der Waals surface area contributed by atoms with Crippen LogP contribution in [0.25, 0.3) is 11.0 Å². The van der Waals surface area contributed by atoms with E-state index in [2.05, 4.69) is 15.3 Å². The molecule has 0 radical (unpaired) electrons. The zero-order valence-corrected chi connectivity index (χ0v) is 18.3. The van der Waals surface area contributed by atoms with Gasteiger partial charge in [-0.25, -0.2) is 23.1 Å². The summed E-state index contributed by atoms with van der Waals surface area (Å²) in [4.78, 5) is 33.2. The van der Waals surface area contributed by atoms with Gasteiger partial charge in [-0.05, 0) is 43.7 Å². The van der Waals surface area contributed by atoms with Crippen LogP contribution in [0.4, 0.5) is 13.2 Å². The molecule has 0 aliphatic heterocycles. The van der Waals surface area contributed by atoms with Crippen LogP contribution in [0.3, 0.4) is 0 Å². The van der Waals surface area contributed by atoms with Crippen LogP contribution in [-0.2, 0) is 30.1 Å². The smallest absolute Gasteiger partial charge is 0.266 e. The second-order valence-electron chi connectivity index (χ2n) is 9.37. The third kappa shape index (κ3) is 3.32. The molecule has 1 amide bonds. The second-order valence-corrected chi connectivity index (χ2v) is 9.37. The van der Waals surface area contributed by atoms with Crippen molar-refractivity contribution in [3.63, 3.8) is 0 Å². The quantitative estimate of drug-likeness (QED) is 0.616. The molecule has 2 aromatic heterocycles. The van der Waals surface area contributed by atoms with Gasteiger partial charge in [0.2, 0.25) is 5.91 Å². The highest BCUT2D eigenvalue weighted by molar-refractivity contribution is 5.79. The second kappa shape index (κ2) is 7.40. The molecule has 3 saturated carbocycles. The number of aromatic nitrogens is 3. The summed E-state index contributed by atoms with van der Waals surface area (Å²) in [5, 5.41) is 3.69. The number of halogens is 3. The molecule has 0 saturated heterocycles. The molecule has 3 aliphatic carbocycles. The average molecular weight is 456 g/mol. The van der Waals surface area contributed by atoms with E-state index in [-0.39, 0.29) is 34.4 Å². The van der Waals surface area contributed by atoms with Crippen molar-refractivity contribution in [3.05, 3.63) is 69.1 Å². The first-order valence-electron chi connectivity index (χ1n) is 10.8. The minimum atomic E-state index is -2.88. The Hall–Kier alpha value is -3.23. The Morgan fingerprint density at radius 2 is 1.94 bits per heavy atom. The number of alkyl halides is 2. The van der Waals surface area contributed by atoms with Crippen molar-refractivity contribution in [2.24, 2.45) is 7.05 Å². The topological polar surface area (TPSA) is 76.9 Å². The van der Waals surface area contributed by atoms with E-state index in [1.807, 2.05) is 6.07 Å². The lowest BCUT2D eigenvalue weighted by Gasteiger charge is -2.70. The third-order valence-electron chi connectivity index (χ3n) is 7.10. The number of aryl methyl sites for hydroxylation is 3. The fraction of sp³-hybridized carbons (Fsp3) is 0.417. The maximum Gasteiger partial charge on any atom is 0.266 e. The Kier molecular flexibility index (Phi) is 4.84. The lowest BCUT2D eigenvalue weighted by Crippen LogP contribution is -2.77. The van der Waals surface area contributed by atoms with Crippen molar-refractivity contribution < 1.29 is 18.0 Å². The summed E-state index contributed by atoms with van der Waals surface area (Å²) in [6.45, 7) is 1.49. The van der Waals surface area contributed by atoms with Crippen LogP contribution in [0.2, 0.25) is 0 Å². The van der Waals surface area contributed by atoms with Crippen molar-refractivity contribution in [1.82, 2.24) is 19.9 Å². The van der Waals surface area contributed by atoms with Gasteiger partial charge in [0.25, 0.3) is 12.0 Å². The molecule has 1 aromatic carbocycles. The highest BCUT2D eigenvalue weighted by Gasteiger charge is 2.69. The molecule has 6 rings (SSSR count). The van der Waals surface area contributed by atoms with Gasteiger partial charge in [-0.1, -0.05) is 18.2 Å². The molecule has 172 valence electrons. The lowest BCUT2D eigenvalue weighted by molar-refractivity contribution is -0.136. The van der Waals surface area contributed by atoms with Gasteiger partial charge in [-0.2, -0.15) is 0 Å². The molecule has 0 spiro atoms. The van der Waals surface area contributed by atoms with Gasteiger partial charge in [0.15, 0.2) is 0 Å². The fourth-order valence-electron chi connectivity index (χ4n) is 5.69. The van der Waals surface area contributed by atoms with E-state index in [9.17, 15) is 22.8 Å². The fourth-order valence-corrected chi connectivity index (χ4v) is 5.69. The summed E-state index contributed by atoms with van der Waals surface area (Å²) in [6.07, 6.45) is 1.13. The molecule has 3 fully saturated rings. The van der Waals surface area contributed by atoms with Crippen LogP contribution in [0.5, 0.6) is 0 Å². The van der Waals surface area contributed by atoms with Crippen molar-refractivity contribution in [1.29, 1.82) is 0 Å². The molecule has 2 bridgehead atoms. The molecular formula is C24H23F3N4O2. The highest BCUT2D eigenvalue weighted by atomic mass is 19.3. The van der Waals surface area contributed by atoms with E-state index in [0.717, 1.165) is 25.3 Å². The minimum absolute atomic E-state index is 0.0754. The number of hydrogen-bond donors (Lipinski definition) is 1. The number of nitrogens with one attached hydrogen (secondary N) is 1. The van der Waals surface area contributed by atoms with E-state index in [1.165, 1.54) is 30.0 Å². The number of amides is 1. The lowest BCUT2D eigenvalue weighted by atomic mass is 9.37. The van der Waals surface area contributed by atoms with Crippen molar-refractivity contribution >= 4 is 16.9 Å². The van der Waals surface area contributed by atoms with E-state index in [1.54, 1.807) is 7.05 Å². The molecule has 2 heterocycles. The Morgan fingerprint density at radius 1 is 1.21 bits per heavy atom. The van der Waals surface area contributed by atoms with Gasteiger partial charge >= 0.3 is 0 Å². The van der Waals surface area contributed by atoms with Gasteiger partial charge in [-0.15, -0.1) is 0 Å². The summed E-state index contributed by atoms with van der Waals surface area (Å²) >= 11 is 0. The number of rotatable bonds is 6. The van der Waals surface area contributed by atoms with E-state index in [4.69, 9.17) is 0 Å². The molecule has 3 aliphatic rings. The van der Waals surface area contributed by atoms with Crippen LogP contribution in [0.1, 0.15) is 55.0 Å². The van der Waals surface area contributed by atoms with E-state index >= 15 is 0 Å². The predicted octanol–water partition coefficient (Wildman–Crippen LogP) is 3.50. The van der Waals surface area contributed by atoms with Gasteiger partial charge in [0.1, 0.15) is 17.8 Å². The van der Waals surface area contributed by atoms with Gasteiger partial charge < -0.3 is 5.32 Å². The predicted molar refractivity (Wildman–Crippen MR) is 116 cm³/mol. The average Bonchev–Trinajstić information content (AvgIpc) is 2.71. The molecule has 33 heavy (non-hydrogen) atoms. The highest BCUT2D eigenvalue weighted by Crippen LogP contribution is 2.67. The SMILES string of the molecule is CC(=O)NC12CC(c3cc4c(CCc5cccc(C(F)F)c5F)ncnc4n(C)c3=O)(C1)C2. The Bertz CT molecular complexity index is 1330. The van der Waals surface area contributed by atoms with Crippen LogP contribution in [0, 0.1) is 5.82 Å². The van der Waals surface area contributed by atoms with Crippen molar-refractivity contribution in [2.45, 2.75) is 56.4 Å². The summed E-state index contributed by atoms with van der Waals surface area (Å²) in [6, 6.07) is 5.83. The largest absolute Gasteiger partial charge is 0.351 e. The molecule has 1 N–H and O–H groups in total. The molecule has 6 nitrogen and oxygen atoms in total. The van der Waals surface area contributed by atoms with E-state index in [0.29, 0.717) is 28.7 Å². The number of carbonyl (C=O) groups is 1. The normalized spacial score (nSPS) is 23.3. The molecule has 0 unspecified atom stereocenters. The first-order valence-corrected chi connectivity index (χ1v) is 10.8. The van der Waals surface area contributed by atoms with Gasteiger partial charge in [0.05, 0.1) is 11.3 Å². The molecule has 3 aromatic rings. The Labute approximate surface area is 187 Å². The number of fused-ring (bicyclic) bond motifs is 1. The number of benzene rings is 1. The summed E-state index contributed by atoms with van der Waals surface area (Å²) < 4.78 is 42.1. The van der Waals surface area contributed by atoms with Crippen LogP contribution >= 0.6 is 0 Å². The van der Waals surface area contributed by atoms with Gasteiger partial charge in [0, 0.05) is 35.9 Å². The van der Waals surface area contributed by atoms with Crippen molar-refractivity contribution in [3.8, 4) is 0 Å². The first-order chi connectivity index (χ1) is 15.6. The van der Waals surface area contributed by atoms with Crippen molar-refractivity contribution in [2.75, 3.05) is 0 Å². The minimum Gasteiger partial charge on any atom is -0.351 e. The molecule has 9 heteroatoms. The zero-order chi connectivity index (χ0) is 23.5. The van der Waals surface area contributed by atoms with E-state index < -0.39 is 17.8 Å². The van der Waals surface area contributed by atoms with Crippen LogP contribution < -0.4 is 10.9 Å². The number of nitrogens with zero attached hydrogens (tertiary/aromatic N) is 3. The summed E-state index contributed by atoms with van der Waals surface area (Å²) in [7, 11) is 1.66. The zero-order valence-electron chi connectivity index (χ0n) is 18.3. The number of pyridine rings is 1. The maximum atomic E-state index is 14.5. The number of carbonyl (C=O) groups excluding carboxylic acids is 1. The van der Waals surface area contributed by atoms with Gasteiger partial charge in [-0.3, -0.25) is 14.2 Å². The standard InChI is InChI=1S/C24H23F3N4O2/c1-13(32)30-24-9-23(10-24,11-24)17-8-16-18(28-12-29-21(16)31(2)22(17)33)7-6-14-4-3-5-15(19(14)25)20(26)27/h3-5,8,12,20H,6-7,9-11H2,1-2H3,(H,30,32).